The number of fused-ring (bicyclic) bond motifs is 1. The number of rotatable bonds is 4. The number of hydrogen-bond donors (Lipinski definition) is 0. The van der Waals surface area contributed by atoms with Crippen LogP contribution in [0.15, 0.2) is 18.5 Å². The molecule has 0 aliphatic rings. The van der Waals surface area contributed by atoms with E-state index in [0.29, 0.717) is 17.7 Å². The molecule has 17 heavy (non-hydrogen) atoms. The first-order valence-electron chi connectivity index (χ1n) is 5.70. The van der Waals surface area contributed by atoms with Gasteiger partial charge in [-0.05, 0) is 25.0 Å². The number of aromatic nitrogens is 3. The molecule has 5 heteroatoms. The Labute approximate surface area is 99.4 Å². The Morgan fingerprint density at radius 3 is 2.94 bits per heavy atom. The van der Waals surface area contributed by atoms with E-state index in [1.54, 1.807) is 6.20 Å². The van der Waals surface area contributed by atoms with Crippen molar-refractivity contribution in [2.24, 2.45) is 0 Å². The highest BCUT2D eigenvalue weighted by atomic mass is 16.5. The van der Waals surface area contributed by atoms with Gasteiger partial charge < -0.3 is 4.74 Å². The summed E-state index contributed by atoms with van der Waals surface area (Å²) in [6.07, 6.45) is 5.08. The van der Waals surface area contributed by atoms with Gasteiger partial charge in [0.25, 0.3) is 0 Å². The van der Waals surface area contributed by atoms with E-state index in [0.717, 1.165) is 18.4 Å². The van der Waals surface area contributed by atoms with Gasteiger partial charge in [-0.25, -0.2) is 4.79 Å². The number of nitrogens with zero attached hydrogens (tertiary/aromatic N) is 3. The quantitative estimate of drug-likeness (QED) is 0.598. The molecule has 0 saturated heterocycles. The van der Waals surface area contributed by atoms with E-state index in [1.807, 2.05) is 13.0 Å². The lowest BCUT2D eigenvalue weighted by Gasteiger charge is -2.02. The summed E-state index contributed by atoms with van der Waals surface area (Å²) < 4.78 is 6.59. The number of ether oxygens (including phenoxy) is 1. The zero-order valence-electron chi connectivity index (χ0n) is 10.0. The molecular formula is C12H15N3O2. The SMILES string of the molecule is CCCCOC(=O)c1cnn2ncc(C)cc12. The van der Waals surface area contributed by atoms with Gasteiger partial charge in [-0.1, -0.05) is 13.3 Å². The Bertz CT molecular complexity index is 534. The number of unbranched alkanes of at least 4 members (excludes halogenated alkanes) is 1. The van der Waals surface area contributed by atoms with Crippen molar-refractivity contribution in [2.75, 3.05) is 6.61 Å². The molecule has 0 fully saturated rings. The normalized spacial score (nSPS) is 10.7. The van der Waals surface area contributed by atoms with Gasteiger partial charge in [-0.15, -0.1) is 0 Å². The summed E-state index contributed by atoms with van der Waals surface area (Å²) in [5.41, 5.74) is 2.14. The third-order valence-electron chi connectivity index (χ3n) is 2.47. The Kier molecular flexibility index (Phi) is 3.37. The molecule has 0 unspecified atom stereocenters. The molecule has 2 heterocycles. The van der Waals surface area contributed by atoms with Gasteiger partial charge in [0.05, 0.1) is 19.0 Å². The highest BCUT2D eigenvalue weighted by molar-refractivity contribution is 5.96. The van der Waals surface area contributed by atoms with Gasteiger partial charge in [0, 0.05) is 0 Å². The highest BCUT2D eigenvalue weighted by Crippen LogP contribution is 2.12. The van der Waals surface area contributed by atoms with Crippen molar-refractivity contribution >= 4 is 11.5 Å². The fourth-order valence-electron chi connectivity index (χ4n) is 1.52. The van der Waals surface area contributed by atoms with Gasteiger partial charge >= 0.3 is 5.97 Å². The highest BCUT2D eigenvalue weighted by Gasteiger charge is 2.14. The van der Waals surface area contributed by atoms with E-state index in [2.05, 4.69) is 17.1 Å². The monoisotopic (exact) mass is 233 g/mol. The fourth-order valence-corrected chi connectivity index (χ4v) is 1.52. The molecule has 2 aromatic heterocycles. The minimum Gasteiger partial charge on any atom is -0.462 e. The zero-order chi connectivity index (χ0) is 12.3. The predicted molar refractivity (Wildman–Crippen MR) is 62.9 cm³/mol. The van der Waals surface area contributed by atoms with Crippen LogP contribution in [-0.4, -0.2) is 27.4 Å². The topological polar surface area (TPSA) is 56.5 Å². The standard InChI is InChI=1S/C12H15N3O2/c1-3-4-5-17-12(16)10-8-14-15-11(10)6-9(2)7-13-15/h6-8H,3-5H2,1-2H3. The van der Waals surface area contributed by atoms with Crippen molar-refractivity contribution in [2.45, 2.75) is 26.7 Å². The van der Waals surface area contributed by atoms with Crippen molar-refractivity contribution in [3.05, 3.63) is 29.6 Å². The van der Waals surface area contributed by atoms with Crippen molar-refractivity contribution < 1.29 is 9.53 Å². The van der Waals surface area contributed by atoms with E-state index < -0.39 is 0 Å². The van der Waals surface area contributed by atoms with Crippen molar-refractivity contribution in [1.29, 1.82) is 0 Å². The maximum Gasteiger partial charge on any atom is 0.342 e. The van der Waals surface area contributed by atoms with E-state index in [-0.39, 0.29) is 5.97 Å². The van der Waals surface area contributed by atoms with Crippen LogP contribution < -0.4 is 0 Å². The second-order valence-corrected chi connectivity index (χ2v) is 3.96. The van der Waals surface area contributed by atoms with Gasteiger partial charge in [-0.3, -0.25) is 0 Å². The number of carbonyl (C=O) groups excluding carboxylic acids is 1. The van der Waals surface area contributed by atoms with Crippen LogP contribution in [0.25, 0.3) is 5.52 Å². The van der Waals surface area contributed by atoms with Crippen LogP contribution in [-0.2, 0) is 4.74 Å². The Morgan fingerprint density at radius 2 is 2.18 bits per heavy atom. The van der Waals surface area contributed by atoms with E-state index >= 15 is 0 Å². The first-order valence-corrected chi connectivity index (χ1v) is 5.70. The molecule has 0 radical (unpaired) electrons. The van der Waals surface area contributed by atoms with E-state index in [1.165, 1.54) is 10.8 Å². The van der Waals surface area contributed by atoms with Crippen LogP contribution in [0.2, 0.25) is 0 Å². The first-order chi connectivity index (χ1) is 8.22. The number of aryl methyl sites for hydroxylation is 1. The number of esters is 1. The Hall–Kier alpha value is -1.91. The number of carbonyl (C=O) groups is 1. The smallest absolute Gasteiger partial charge is 0.342 e. The summed E-state index contributed by atoms with van der Waals surface area (Å²) in [7, 11) is 0. The molecule has 0 aliphatic heterocycles. The third kappa shape index (κ3) is 2.43. The minimum absolute atomic E-state index is 0.333. The molecule has 0 saturated carbocycles. The molecule has 2 rings (SSSR count). The second-order valence-electron chi connectivity index (χ2n) is 3.96. The van der Waals surface area contributed by atoms with Crippen LogP contribution >= 0.6 is 0 Å². The van der Waals surface area contributed by atoms with E-state index in [4.69, 9.17) is 4.74 Å². The van der Waals surface area contributed by atoms with Crippen LogP contribution in [0.4, 0.5) is 0 Å². The first kappa shape index (κ1) is 11.6. The van der Waals surface area contributed by atoms with Gasteiger partial charge in [0.1, 0.15) is 11.1 Å². The molecule has 0 aliphatic carbocycles. The summed E-state index contributed by atoms with van der Waals surface area (Å²) in [6, 6.07) is 1.87. The fraction of sp³-hybridized carbons (Fsp3) is 0.417. The van der Waals surface area contributed by atoms with Crippen LogP contribution in [0.5, 0.6) is 0 Å². The summed E-state index contributed by atoms with van der Waals surface area (Å²) in [5.74, 6) is -0.333. The molecule has 0 aromatic carbocycles. The van der Waals surface area contributed by atoms with Crippen LogP contribution in [0, 0.1) is 6.92 Å². The van der Waals surface area contributed by atoms with Crippen molar-refractivity contribution in [3.63, 3.8) is 0 Å². The molecule has 2 aromatic rings. The van der Waals surface area contributed by atoms with Gasteiger partial charge in [-0.2, -0.15) is 14.8 Å². The van der Waals surface area contributed by atoms with Crippen molar-refractivity contribution in [1.82, 2.24) is 14.8 Å². The predicted octanol–water partition coefficient (Wildman–Crippen LogP) is 1.99. The van der Waals surface area contributed by atoms with E-state index in [9.17, 15) is 4.79 Å². The maximum absolute atomic E-state index is 11.8. The van der Waals surface area contributed by atoms with Crippen LogP contribution in [0.1, 0.15) is 35.7 Å². The molecule has 0 bridgehead atoms. The molecule has 0 atom stereocenters. The average molecular weight is 233 g/mol. The summed E-state index contributed by atoms with van der Waals surface area (Å²) in [4.78, 5) is 11.8. The van der Waals surface area contributed by atoms with Crippen LogP contribution in [0.3, 0.4) is 0 Å². The molecular weight excluding hydrogens is 218 g/mol. The van der Waals surface area contributed by atoms with Gasteiger partial charge in [0.2, 0.25) is 0 Å². The second kappa shape index (κ2) is 4.95. The molecule has 90 valence electrons. The molecule has 0 spiro atoms. The lowest BCUT2D eigenvalue weighted by atomic mass is 10.2. The third-order valence-corrected chi connectivity index (χ3v) is 2.47. The Morgan fingerprint density at radius 1 is 1.41 bits per heavy atom. The number of hydrogen-bond acceptors (Lipinski definition) is 4. The Balaban J connectivity index is 2.23. The van der Waals surface area contributed by atoms with Gasteiger partial charge in [0.15, 0.2) is 0 Å². The lowest BCUT2D eigenvalue weighted by molar-refractivity contribution is 0.0502. The lowest BCUT2D eigenvalue weighted by Crippen LogP contribution is -2.06. The largest absolute Gasteiger partial charge is 0.462 e. The van der Waals surface area contributed by atoms with Crippen molar-refractivity contribution in [3.8, 4) is 0 Å². The molecule has 0 N–H and O–H groups in total. The summed E-state index contributed by atoms with van der Waals surface area (Å²) in [5, 5.41) is 8.09. The summed E-state index contributed by atoms with van der Waals surface area (Å²) in [6.45, 7) is 4.43. The minimum atomic E-state index is -0.333. The average Bonchev–Trinajstić information content (AvgIpc) is 2.72. The zero-order valence-corrected chi connectivity index (χ0v) is 10.0. The molecule has 0 amide bonds. The maximum atomic E-state index is 11.8. The summed E-state index contributed by atoms with van der Waals surface area (Å²) >= 11 is 0. The molecule has 5 nitrogen and oxygen atoms in total.